The van der Waals surface area contributed by atoms with E-state index in [1.54, 1.807) is 0 Å². The molecule has 0 bridgehead atoms. The van der Waals surface area contributed by atoms with Crippen LogP contribution in [0, 0.1) is 0 Å². The molecule has 0 N–H and O–H groups in total. The number of hydrogen-bond donors (Lipinski definition) is 0. The minimum Gasteiger partial charge on any atom is -1.00 e. The van der Waals surface area contributed by atoms with E-state index in [1.807, 2.05) is 0 Å². The standard InChI is InChI=1S/C41H83AsO3P.HI/c1-6-8-10-12-14-16-18-20-22-24-26-28-30-32-34-36-39-44-46(43,41-38-42(3,4)5)45-40-37-35-33-31-29-27-25-23-21-19-17-15-13-11-9-7-2;/h20-23H,6-19,24-41H2,1-5H3;1H/q+1;/p-1/b22-20+,23-21+;. The number of rotatable bonds is 37. The van der Waals surface area contributed by atoms with Crippen LogP contribution < -0.4 is 24.0 Å². The quantitative estimate of drug-likeness (QED) is 0.0205. The summed E-state index contributed by atoms with van der Waals surface area (Å²) in [6.45, 7) is 5.73. The zero-order valence-corrected chi connectivity index (χ0v) is 37.4. The third-order valence-corrected chi connectivity index (χ3v) is 14.9. The Morgan fingerprint density at radius 3 is 1.02 bits per heavy atom. The van der Waals surface area contributed by atoms with E-state index in [4.69, 9.17) is 9.05 Å². The fourth-order valence-electron chi connectivity index (χ4n) is 5.70. The van der Waals surface area contributed by atoms with Crippen LogP contribution in [0.15, 0.2) is 24.3 Å². The Bertz CT molecular complexity index is 674. The van der Waals surface area contributed by atoms with Gasteiger partial charge in [0.1, 0.15) is 0 Å². The average Bonchev–Trinajstić information content (AvgIpc) is 3.03. The van der Waals surface area contributed by atoms with Crippen molar-refractivity contribution in [3.63, 3.8) is 0 Å². The van der Waals surface area contributed by atoms with Crippen LogP contribution in [0.25, 0.3) is 0 Å². The maximum absolute atomic E-state index is 13.6. The van der Waals surface area contributed by atoms with Crippen molar-refractivity contribution in [3.05, 3.63) is 24.3 Å². The minimum atomic E-state index is -2.97. The second-order valence-electron chi connectivity index (χ2n) is 14.9. The third-order valence-electron chi connectivity index (χ3n) is 8.93. The van der Waals surface area contributed by atoms with Gasteiger partial charge in [0.05, 0.1) is 0 Å². The molecule has 0 fully saturated rings. The second-order valence-corrected chi connectivity index (χ2v) is 27.6. The van der Waals surface area contributed by atoms with Crippen LogP contribution in [0.4, 0.5) is 0 Å². The van der Waals surface area contributed by atoms with E-state index in [0.29, 0.717) is 19.4 Å². The topological polar surface area (TPSA) is 35.5 Å². The zero-order valence-electron chi connectivity index (χ0n) is 32.4. The van der Waals surface area contributed by atoms with Gasteiger partial charge in [0, 0.05) is 0 Å². The first-order valence-electron chi connectivity index (χ1n) is 20.3. The van der Waals surface area contributed by atoms with Gasteiger partial charge in [-0.2, -0.15) is 0 Å². The van der Waals surface area contributed by atoms with Gasteiger partial charge in [0.25, 0.3) is 0 Å². The molecule has 6 heteroatoms. The molecule has 3 nitrogen and oxygen atoms in total. The fraction of sp³-hybridized carbons (Fsp3) is 0.902. The van der Waals surface area contributed by atoms with Crippen molar-refractivity contribution in [2.24, 2.45) is 0 Å². The summed E-state index contributed by atoms with van der Waals surface area (Å²) < 4.78 is 25.6. The summed E-state index contributed by atoms with van der Waals surface area (Å²) in [6, 6.07) is 0. The summed E-state index contributed by atoms with van der Waals surface area (Å²) in [5.41, 5.74) is 7.12. The first-order chi connectivity index (χ1) is 22.3. The Morgan fingerprint density at radius 1 is 0.447 bits per heavy atom. The molecule has 0 rings (SSSR count). The monoisotopic (exact) mass is 856 g/mol. The van der Waals surface area contributed by atoms with E-state index in [-0.39, 0.29) is 24.0 Å². The van der Waals surface area contributed by atoms with Crippen molar-refractivity contribution in [3.8, 4) is 0 Å². The molecule has 0 aliphatic carbocycles. The van der Waals surface area contributed by atoms with Crippen molar-refractivity contribution >= 4 is 21.1 Å². The van der Waals surface area contributed by atoms with Gasteiger partial charge < -0.3 is 24.0 Å². The summed E-state index contributed by atoms with van der Waals surface area (Å²) >= 11 is -1.63. The molecule has 0 aromatic heterocycles. The molecule has 0 radical (unpaired) electrons. The molecule has 0 spiro atoms. The Hall–Kier alpha value is 0.918. The van der Waals surface area contributed by atoms with Gasteiger partial charge in [-0.3, -0.25) is 0 Å². The molecule has 0 aromatic carbocycles. The smallest absolute Gasteiger partial charge is 1.00 e. The molecular weight excluding hydrogens is 773 g/mol. The summed E-state index contributed by atoms with van der Waals surface area (Å²) in [4.78, 5) is 0. The van der Waals surface area contributed by atoms with Gasteiger partial charge in [-0.1, -0.05) is 102 Å². The number of hydrogen-bond acceptors (Lipinski definition) is 3. The average molecular weight is 857 g/mol. The first kappa shape index (κ1) is 50.0. The summed E-state index contributed by atoms with van der Waals surface area (Å²) in [5, 5.41) is 1.04. The van der Waals surface area contributed by atoms with E-state index in [2.05, 4.69) is 55.3 Å². The molecule has 0 saturated carbocycles. The Kier molecular flexibility index (Phi) is 40.6. The van der Waals surface area contributed by atoms with E-state index in [1.165, 1.54) is 167 Å². The number of unbranched alkanes of at least 4 members (excludes halogenated alkanes) is 24. The van der Waals surface area contributed by atoms with Crippen LogP contribution in [0.2, 0.25) is 22.3 Å². The van der Waals surface area contributed by atoms with Crippen LogP contribution in [0.5, 0.6) is 0 Å². The van der Waals surface area contributed by atoms with E-state index >= 15 is 0 Å². The van der Waals surface area contributed by atoms with Crippen LogP contribution in [-0.4, -0.2) is 32.9 Å². The normalized spacial score (nSPS) is 12.4. The van der Waals surface area contributed by atoms with Crippen molar-refractivity contribution in [2.45, 2.75) is 216 Å². The first-order valence-corrected chi connectivity index (χ1v) is 29.0. The van der Waals surface area contributed by atoms with E-state index in [9.17, 15) is 4.57 Å². The molecular formula is C41H83AsIO3P. The fourth-order valence-corrected chi connectivity index (χ4v) is 13.0. The molecule has 282 valence electrons. The summed E-state index contributed by atoms with van der Waals surface area (Å²) in [7, 11) is -2.97. The predicted octanol–water partition coefficient (Wildman–Crippen LogP) is 12.6. The van der Waals surface area contributed by atoms with Crippen LogP contribution >= 0.6 is 7.60 Å². The molecule has 0 heterocycles. The zero-order chi connectivity index (χ0) is 33.9. The molecule has 47 heavy (non-hydrogen) atoms. The van der Waals surface area contributed by atoms with E-state index < -0.39 is 21.1 Å². The predicted molar refractivity (Wildman–Crippen MR) is 211 cm³/mol. The number of halogens is 1. The molecule has 0 unspecified atom stereocenters. The van der Waals surface area contributed by atoms with Crippen molar-refractivity contribution < 1.29 is 37.6 Å². The number of allylic oxidation sites excluding steroid dienone is 4. The van der Waals surface area contributed by atoms with Crippen molar-refractivity contribution in [1.29, 1.82) is 0 Å². The maximum atomic E-state index is 13.6. The van der Waals surface area contributed by atoms with Gasteiger partial charge in [-0.25, -0.2) is 0 Å². The van der Waals surface area contributed by atoms with Gasteiger partial charge in [-0.15, -0.1) is 0 Å². The Labute approximate surface area is 316 Å². The third kappa shape index (κ3) is 41.2. The summed E-state index contributed by atoms with van der Waals surface area (Å²) in [6.07, 6.45) is 46.5. The molecule has 0 saturated heterocycles. The Balaban J connectivity index is 0. The molecule has 0 aromatic rings. The molecule has 0 amide bonds. The van der Waals surface area contributed by atoms with Gasteiger partial charge in [0.2, 0.25) is 0 Å². The SMILES string of the molecule is CCCCCCCC/C=C/CCCCCCCCOP(=O)(CC[As+](C)(C)C)OCCCCCCCC/C=C/CCCCCCCC.[I-]. The van der Waals surface area contributed by atoms with Gasteiger partial charge >= 0.3 is 166 Å². The summed E-state index contributed by atoms with van der Waals surface area (Å²) in [5.74, 6) is 0. The van der Waals surface area contributed by atoms with Crippen LogP contribution in [0.3, 0.4) is 0 Å². The van der Waals surface area contributed by atoms with Gasteiger partial charge in [0.15, 0.2) is 0 Å². The van der Waals surface area contributed by atoms with Crippen LogP contribution in [-0.2, 0) is 13.6 Å². The van der Waals surface area contributed by atoms with E-state index in [0.717, 1.165) is 18.1 Å². The van der Waals surface area contributed by atoms with Gasteiger partial charge in [-0.05, 0) is 25.7 Å². The molecule has 0 aliphatic rings. The second kappa shape index (κ2) is 38.2. The van der Waals surface area contributed by atoms with Crippen molar-refractivity contribution in [1.82, 2.24) is 0 Å². The molecule has 0 aliphatic heterocycles. The van der Waals surface area contributed by atoms with Crippen molar-refractivity contribution in [2.75, 3.05) is 19.4 Å². The Morgan fingerprint density at radius 2 is 0.723 bits per heavy atom. The minimum absolute atomic E-state index is 0. The molecule has 0 atom stereocenters. The van der Waals surface area contributed by atoms with Crippen LogP contribution in [0.1, 0.15) is 194 Å².